The average Bonchev–Trinajstić information content (AvgIpc) is 2.45. The van der Waals surface area contributed by atoms with E-state index in [1.54, 1.807) is 0 Å². The molecule has 17 heavy (non-hydrogen) atoms. The van der Waals surface area contributed by atoms with Gasteiger partial charge in [-0.05, 0) is 27.4 Å². The van der Waals surface area contributed by atoms with Crippen molar-refractivity contribution >= 4 is 27.3 Å². The predicted octanol–water partition coefficient (Wildman–Crippen LogP) is 4.25. The van der Waals surface area contributed by atoms with E-state index in [2.05, 4.69) is 15.9 Å². The summed E-state index contributed by atoms with van der Waals surface area (Å²) in [6.45, 7) is 0. The maximum absolute atomic E-state index is 12.4. The number of hydrogen-bond acceptors (Lipinski definition) is 2. The topological polar surface area (TPSA) is 26.0 Å². The van der Waals surface area contributed by atoms with Gasteiger partial charge in [-0.15, -0.1) is 11.3 Å². The van der Waals surface area contributed by atoms with Gasteiger partial charge in [0.25, 0.3) is 0 Å². The Balaban J connectivity index is 3.13. The van der Waals surface area contributed by atoms with Crippen LogP contribution in [0, 0.1) is 5.92 Å². The highest BCUT2D eigenvalue weighted by molar-refractivity contribution is 9.10. The summed E-state index contributed by atoms with van der Waals surface area (Å²) in [5.74, 6) is -3.56. The summed E-state index contributed by atoms with van der Waals surface area (Å²) >= 11 is 3.61. The molecule has 98 valence electrons. The molecular formula is C8H6BrF6NS. The second-order valence-electron chi connectivity index (χ2n) is 3.22. The van der Waals surface area contributed by atoms with Gasteiger partial charge in [0.15, 0.2) is 5.92 Å². The molecule has 2 N–H and O–H groups in total. The van der Waals surface area contributed by atoms with Crippen LogP contribution in [0.4, 0.5) is 26.3 Å². The summed E-state index contributed by atoms with van der Waals surface area (Å²) in [5.41, 5.74) is 5.10. The summed E-state index contributed by atoms with van der Waals surface area (Å²) < 4.78 is 74.4. The van der Waals surface area contributed by atoms with Crippen molar-refractivity contribution in [3.05, 3.63) is 20.8 Å². The molecule has 0 aliphatic heterocycles. The Hall–Kier alpha value is -0.280. The van der Waals surface area contributed by atoms with Gasteiger partial charge in [-0.25, -0.2) is 0 Å². The van der Waals surface area contributed by atoms with Crippen LogP contribution in [0.3, 0.4) is 0 Å². The minimum absolute atomic E-state index is 0.147. The van der Waals surface area contributed by atoms with Crippen molar-refractivity contribution in [2.24, 2.45) is 11.7 Å². The van der Waals surface area contributed by atoms with Gasteiger partial charge in [0.05, 0.1) is 6.04 Å². The molecule has 9 heteroatoms. The molecule has 1 unspecified atom stereocenters. The van der Waals surface area contributed by atoms with Gasteiger partial charge in [0.2, 0.25) is 0 Å². The normalized spacial score (nSPS) is 15.4. The van der Waals surface area contributed by atoms with Crippen LogP contribution < -0.4 is 5.73 Å². The lowest BCUT2D eigenvalue weighted by Crippen LogP contribution is -2.43. The summed E-state index contributed by atoms with van der Waals surface area (Å²) in [7, 11) is 0. The average molecular weight is 342 g/mol. The first-order chi connectivity index (χ1) is 7.55. The van der Waals surface area contributed by atoms with Gasteiger partial charge in [-0.2, -0.15) is 26.3 Å². The van der Waals surface area contributed by atoms with Crippen molar-refractivity contribution in [3.63, 3.8) is 0 Å². The molecule has 0 amide bonds. The van der Waals surface area contributed by atoms with Crippen molar-refractivity contribution in [2.45, 2.75) is 18.4 Å². The van der Waals surface area contributed by atoms with E-state index in [1.807, 2.05) is 0 Å². The number of thiophene rings is 1. The molecule has 1 atom stereocenters. The van der Waals surface area contributed by atoms with E-state index in [1.165, 1.54) is 11.4 Å². The maximum atomic E-state index is 12.4. The Labute approximate surface area is 105 Å². The fourth-order valence-corrected chi connectivity index (χ4v) is 2.96. The molecule has 1 heterocycles. The number of halogens is 7. The highest BCUT2D eigenvalue weighted by Crippen LogP contribution is 2.47. The number of hydrogen-bond donors (Lipinski definition) is 1. The van der Waals surface area contributed by atoms with Crippen LogP contribution in [0.2, 0.25) is 0 Å². The monoisotopic (exact) mass is 341 g/mol. The van der Waals surface area contributed by atoms with Crippen LogP contribution in [0.15, 0.2) is 15.9 Å². The zero-order valence-electron chi connectivity index (χ0n) is 7.94. The second kappa shape index (κ2) is 4.77. The standard InChI is InChI=1S/C8H6BrF6NS/c9-3-1-2-17-5(3)4(16)6(7(10,11)12)8(13,14)15/h1-2,4,6H,16H2. The van der Waals surface area contributed by atoms with E-state index in [9.17, 15) is 26.3 Å². The first-order valence-electron chi connectivity index (χ1n) is 4.17. The SMILES string of the molecule is NC(c1sccc1Br)C(C(F)(F)F)C(F)(F)F. The molecular weight excluding hydrogens is 336 g/mol. The largest absolute Gasteiger partial charge is 0.402 e. The van der Waals surface area contributed by atoms with Crippen LogP contribution in [0.25, 0.3) is 0 Å². The van der Waals surface area contributed by atoms with Crippen LogP contribution in [-0.2, 0) is 0 Å². The van der Waals surface area contributed by atoms with Gasteiger partial charge >= 0.3 is 12.4 Å². The molecule has 0 radical (unpaired) electrons. The van der Waals surface area contributed by atoms with Gasteiger partial charge in [0, 0.05) is 9.35 Å². The first kappa shape index (κ1) is 14.8. The van der Waals surface area contributed by atoms with Crippen molar-refractivity contribution in [1.82, 2.24) is 0 Å². The van der Waals surface area contributed by atoms with Crippen molar-refractivity contribution < 1.29 is 26.3 Å². The molecule has 0 aliphatic rings. The smallest absolute Gasteiger partial charge is 0.322 e. The van der Waals surface area contributed by atoms with Crippen molar-refractivity contribution in [2.75, 3.05) is 0 Å². The molecule has 0 spiro atoms. The molecule has 1 aromatic rings. The van der Waals surface area contributed by atoms with E-state index < -0.39 is 24.3 Å². The summed E-state index contributed by atoms with van der Waals surface area (Å²) in [4.78, 5) is -0.176. The van der Waals surface area contributed by atoms with E-state index in [0.29, 0.717) is 0 Å². The minimum Gasteiger partial charge on any atom is -0.322 e. The van der Waals surface area contributed by atoms with E-state index in [-0.39, 0.29) is 9.35 Å². The van der Waals surface area contributed by atoms with Crippen LogP contribution in [-0.4, -0.2) is 12.4 Å². The predicted molar refractivity (Wildman–Crippen MR) is 54.5 cm³/mol. The minimum atomic E-state index is -5.43. The molecule has 1 nitrogen and oxygen atoms in total. The molecule has 0 aliphatic carbocycles. The second-order valence-corrected chi connectivity index (χ2v) is 5.02. The quantitative estimate of drug-likeness (QED) is 0.799. The Morgan fingerprint density at radius 3 is 1.88 bits per heavy atom. The molecule has 0 aromatic carbocycles. The summed E-state index contributed by atoms with van der Waals surface area (Å²) in [6.07, 6.45) is -10.9. The van der Waals surface area contributed by atoms with Gasteiger partial charge < -0.3 is 5.73 Å². The Bertz CT molecular complexity index is 370. The third-order valence-electron chi connectivity index (χ3n) is 2.01. The molecule has 0 saturated heterocycles. The van der Waals surface area contributed by atoms with Gasteiger partial charge in [-0.3, -0.25) is 0 Å². The number of rotatable bonds is 2. The molecule has 0 bridgehead atoms. The van der Waals surface area contributed by atoms with E-state index >= 15 is 0 Å². The Kier molecular flexibility index (Phi) is 4.15. The highest BCUT2D eigenvalue weighted by atomic mass is 79.9. The number of nitrogens with two attached hydrogens (primary N) is 1. The van der Waals surface area contributed by atoms with Gasteiger partial charge in [-0.1, -0.05) is 0 Å². The summed E-state index contributed by atoms with van der Waals surface area (Å²) in [6, 6.07) is -0.812. The van der Waals surface area contributed by atoms with Crippen LogP contribution >= 0.6 is 27.3 Å². The lowest BCUT2D eigenvalue weighted by atomic mass is 9.98. The van der Waals surface area contributed by atoms with E-state index in [0.717, 1.165) is 11.3 Å². The van der Waals surface area contributed by atoms with Crippen molar-refractivity contribution in [3.8, 4) is 0 Å². The highest BCUT2D eigenvalue weighted by Gasteiger charge is 2.60. The third kappa shape index (κ3) is 3.35. The maximum Gasteiger partial charge on any atom is 0.402 e. The molecule has 1 aromatic heterocycles. The third-order valence-corrected chi connectivity index (χ3v) is 3.98. The lowest BCUT2D eigenvalue weighted by Gasteiger charge is -2.27. The first-order valence-corrected chi connectivity index (χ1v) is 5.84. The molecule has 0 fully saturated rings. The van der Waals surface area contributed by atoms with Crippen molar-refractivity contribution in [1.29, 1.82) is 0 Å². The fourth-order valence-electron chi connectivity index (χ4n) is 1.29. The molecule has 0 saturated carbocycles. The van der Waals surface area contributed by atoms with Crippen LogP contribution in [0.5, 0.6) is 0 Å². The summed E-state index contributed by atoms with van der Waals surface area (Å²) in [5, 5.41) is 1.36. The van der Waals surface area contributed by atoms with Crippen LogP contribution in [0.1, 0.15) is 10.9 Å². The lowest BCUT2D eigenvalue weighted by molar-refractivity contribution is -0.290. The van der Waals surface area contributed by atoms with E-state index in [4.69, 9.17) is 5.73 Å². The zero-order chi connectivity index (χ0) is 13.4. The zero-order valence-corrected chi connectivity index (χ0v) is 10.3. The molecule has 1 rings (SSSR count). The Morgan fingerprint density at radius 1 is 1.12 bits per heavy atom. The Morgan fingerprint density at radius 2 is 1.59 bits per heavy atom. The van der Waals surface area contributed by atoms with Gasteiger partial charge in [0.1, 0.15) is 0 Å². The number of alkyl halides is 6. The fraction of sp³-hybridized carbons (Fsp3) is 0.500.